The smallest absolute Gasteiger partial charge is 0.291 e. The number of amides is 1. The topological polar surface area (TPSA) is 46.2 Å². The number of rotatable bonds is 4. The first kappa shape index (κ1) is 13.5. The predicted molar refractivity (Wildman–Crippen MR) is 68.8 cm³/mol. The van der Waals surface area contributed by atoms with Crippen molar-refractivity contribution in [2.75, 3.05) is 0 Å². The van der Waals surface area contributed by atoms with E-state index in [1.165, 1.54) is 6.08 Å². The van der Waals surface area contributed by atoms with E-state index in [4.69, 9.17) is 11.6 Å². The molecule has 3 nitrogen and oxygen atoms in total. The molecule has 90 valence electrons. The van der Waals surface area contributed by atoms with E-state index in [1.807, 2.05) is 0 Å². The molecular weight excluding hydrogens is 238 g/mol. The van der Waals surface area contributed by atoms with Crippen LogP contribution in [-0.4, -0.2) is 17.7 Å². The largest absolute Gasteiger partial charge is 0.347 e. The Morgan fingerprint density at radius 3 is 2.35 bits per heavy atom. The molecule has 0 aromatic heterocycles. The summed E-state index contributed by atoms with van der Waals surface area (Å²) in [4.78, 5) is 22.7. The first-order valence-electron chi connectivity index (χ1n) is 5.27. The summed E-state index contributed by atoms with van der Waals surface area (Å²) in [7, 11) is 0. The lowest BCUT2D eigenvalue weighted by Crippen LogP contribution is -2.35. The Morgan fingerprint density at radius 1 is 1.24 bits per heavy atom. The Morgan fingerprint density at radius 2 is 1.82 bits per heavy atom. The Kier molecular flexibility index (Phi) is 4.91. The minimum Gasteiger partial charge on any atom is -0.347 e. The maximum Gasteiger partial charge on any atom is 0.291 e. The summed E-state index contributed by atoms with van der Waals surface area (Å²) in [6.07, 6.45) is 2.83. The number of benzene rings is 1. The van der Waals surface area contributed by atoms with Crippen LogP contribution < -0.4 is 5.32 Å². The van der Waals surface area contributed by atoms with E-state index >= 15 is 0 Å². The molecule has 0 aliphatic heterocycles. The van der Waals surface area contributed by atoms with Gasteiger partial charge in [0, 0.05) is 11.1 Å². The third-order valence-corrected chi connectivity index (χ3v) is 2.19. The molecule has 1 N–H and O–H groups in total. The van der Waals surface area contributed by atoms with Crippen LogP contribution >= 0.6 is 11.6 Å². The Balaban J connectivity index is 2.62. The maximum atomic E-state index is 11.4. The zero-order chi connectivity index (χ0) is 12.8. The molecule has 1 amide bonds. The van der Waals surface area contributed by atoms with Crippen molar-refractivity contribution in [1.82, 2.24) is 5.32 Å². The highest BCUT2D eigenvalue weighted by molar-refractivity contribution is 6.41. The van der Waals surface area contributed by atoms with E-state index < -0.39 is 11.7 Å². The fourth-order valence-corrected chi connectivity index (χ4v) is 1.28. The SMILES string of the molecule is CC(C)NC(=O)C(=O)/C=C/c1ccc(Cl)cc1. The highest BCUT2D eigenvalue weighted by Gasteiger charge is 2.10. The fourth-order valence-electron chi connectivity index (χ4n) is 1.15. The highest BCUT2D eigenvalue weighted by atomic mass is 35.5. The molecule has 0 aliphatic rings. The summed E-state index contributed by atoms with van der Waals surface area (Å²) in [5, 5.41) is 3.16. The van der Waals surface area contributed by atoms with E-state index in [0.29, 0.717) is 5.02 Å². The summed E-state index contributed by atoms with van der Waals surface area (Å²) < 4.78 is 0. The van der Waals surface area contributed by atoms with Crippen molar-refractivity contribution in [3.05, 3.63) is 40.9 Å². The van der Waals surface area contributed by atoms with Crippen molar-refractivity contribution in [3.8, 4) is 0 Å². The number of carbonyl (C=O) groups excluding carboxylic acids is 2. The summed E-state index contributed by atoms with van der Waals surface area (Å²) in [6.45, 7) is 3.60. The monoisotopic (exact) mass is 251 g/mol. The Hall–Kier alpha value is -1.61. The van der Waals surface area contributed by atoms with E-state index in [9.17, 15) is 9.59 Å². The Bertz CT molecular complexity index is 435. The molecule has 0 aliphatic carbocycles. The number of hydrogen-bond acceptors (Lipinski definition) is 2. The fraction of sp³-hybridized carbons (Fsp3) is 0.231. The van der Waals surface area contributed by atoms with Gasteiger partial charge in [-0.3, -0.25) is 9.59 Å². The summed E-state index contributed by atoms with van der Waals surface area (Å²) in [5.74, 6) is -1.15. The van der Waals surface area contributed by atoms with Gasteiger partial charge in [0.2, 0.25) is 5.78 Å². The van der Waals surface area contributed by atoms with Gasteiger partial charge in [0.1, 0.15) is 0 Å². The van der Waals surface area contributed by atoms with Gasteiger partial charge in [-0.15, -0.1) is 0 Å². The molecule has 0 bridgehead atoms. The molecule has 0 spiro atoms. The van der Waals surface area contributed by atoms with Gasteiger partial charge in [-0.05, 0) is 37.6 Å². The van der Waals surface area contributed by atoms with Crippen LogP contribution in [0, 0.1) is 0 Å². The minimum atomic E-state index is -0.592. The van der Waals surface area contributed by atoms with Crippen LogP contribution in [0.15, 0.2) is 30.3 Å². The molecule has 0 atom stereocenters. The predicted octanol–water partition coefficient (Wildman–Crippen LogP) is 2.45. The molecule has 1 rings (SSSR count). The van der Waals surface area contributed by atoms with Gasteiger partial charge in [0.05, 0.1) is 0 Å². The molecular formula is C13H14ClNO2. The zero-order valence-corrected chi connectivity index (χ0v) is 10.5. The lowest BCUT2D eigenvalue weighted by atomic mass is 10.2. The van der Waals surface area contributed by atoms with Gasteiger partial charge in [0.25, 0.3) is 5.91 Å². The number of halogens is 1. The van der Waals surface area contributed by atoms with E-state index in [1.54, 1.807) is 44.2 Å². The van der Waals surface area contributed by atoms with Gasteiger partial charge < -0.3 is 5.32 Å². The second-order valence-corrected chi connectivity index (χ2v) is 4.31. The van der Waals surface area contributed by atoms with Crippen molar-refractivity contribution in [3.63, 3.8) is 0 Å². The van der Waals surface area contributed by atoms with E-state index in [0.717, 1.165) is 5.56 Å². The molecule has 1 aromatic carbocycles. The van der Waals surface area contributed by atoms with Crippen molar-refractivity contribution < 1.29 is 9.59 Å². The van der Waals surface area contributed by atoms with Crippen molar-refractivity contribution in [2.45, 2.75) is 19.9 Å². The molecule has 0 saturated carbocycles. The number of hydrogen-bond donors (Lipinski definition) is 1. The van der Waals surface area contributed by atoms with Crippen LogP contribution in [0.2, 0.25) is 5.02 Å². The van der Waals surface area contributed by atoms with Crippen LogP contribution in [0.25, 0.3) is 6.08 Å². The van der Waals surface area contributed by atoms with E-state index in [-0.39, 0.29) is 6.04 Å². The number of ketones is 1. The second kappa shape index (κ2) is 6.21. The van der Waals surface area contributed by atoms with Crippen molar-refractivity contribution >= 4 is 29.4 Å². The van der Waals surface area contributed by atoms with Crippen LogP contribution in [-0.2, 0) is 9.59 Å². The lowest BCUT2D eigenvalue weighted by molar-refractivity contribution is -0.135. The molecule has 0 unspecified atom stereocenters. The van der Waals surface area contributed by atoms with Crippen LogP contribution in [0.4, 0.5) is 0 Å². The van der Waals surface area contributed by atoms with Gasteiger partial charge >= 0.3 is 0 Å². The van der Waals surface area contributed by atoms with Crippen LogP contribution in [0.5, 0.6) is 0 Å². The molecule has 1 aromatic rings. The third-order valence-electron chi connectivity index (χ3n) is 1.94. The average Bonchev–Trinajstić information content (AvgIpc) is 2.27. The molecule has 17 heavy (non-hydrogen) atoms. The quantitative estimate of drug-likeness (QED) is 0.660. The zero-order valence-electron chi connectivity index (χ0n) is 9.74. The Labute approximate surface area is 105 Å². The normalized spacial score (nSPS) is 10.8. The van der Waals surface area contributed by atoms with Gasteiger partial charge in [-0.25, -0.2) is 0 Å². The summed E-state index contributed by atoms with van der Waals surface area (Å²) in [5.41, 5.74) is 0.820. The highest BCUT2D eigenvalue weighted by Crippen LogP contribution is 2.10. The standard InChI is InChI=1S/C13H14ClNO2/c1-9(2)15-13(17)12(16)8-5-10-3-6-11(14)7-4-10/h3-9H,1-2H3,(H,15,17)/b8-5+. The van der Waals surface area contributed by atoms with Crippen molar-refractivity contribution in [2.24, 2.45) is 0 Å². The third kappa shape index (κ3) is 4.83. The van der Waals surface area contributed by atoms with Gasteiger partial charge in [-0.2, -0.15) is 0 Å². The molecule has 0 heterocycles. The summed E-state index contributed by atoms with van der Waals surface area (Å²) in [6, 6.07) is 6.94. The van der Waals surface area contributed by atoms with Gasteiger partial charge in [0.15, 0.2) is 0 Å². The average molecular weight is 252 g/mol. The molecule has 0 fully saturated rings. The van der Waals surface area contributed by atoms with Crippen molar-refractivity contribution in [1.29, 1.82) is 0 Å². The second-order valence-electron chi connectivity index (χ2n) is 3.88. The first-order valence-corrected chi connectivity index (χ1v) is 5.65. The molecule has 4 heteroatoms. The van der Waals surface area contributed by atoms with E-state index in [2.05, 4.69) is 5.32 Å². The maximum absolute atomic E-state index is 11.4. The first-order chi connectivity index (χ1) is 7.99. The van der Waals surface area contributed by atoms with Gasteiger partial charge in [-0.1, -0.05) is 29.8 Å². The lowest BCUT2D eigenvalue weighted by Gasteiger charge is -2.04. The number of nitrogens with one attached hydrogen (secondary N) is 1. The van der Waals surface area contributed by atoms with Crippen LogP contribution in [0.3, 0.4) is 0 Å². The minimum absolute atomic E-state index is 0.0459. The van der Waals surface area contributed by atoms with Crippen LogP contribution in [0.1, 0.15) is 19.4 Å². The molecule has 0 saturated heterocycles. The number of carbonyl (C=O) groups is 2. The summed E-state index contributed by atoms with van der Waals surface area (Å²) >= 11 is 5.73. The molecule has 0 radical (unpaired) electrons.